The number of nitrogens with one attached hydrogen (secondary N) is 1. The number of aryl methyl sites for hydroxylation is 1. The van der Waals surface area contributed by atoms with Crippen LogP contribution in [0.1, 0.15) is 29.3 Å². The summed E-state index contributed by atoms with van der Waals surface area (Å²) < 4.78 is 6.25. The van der Waals surface area contributed by atoms with Gasteiger partial charge in [-0.1, -0.05) is 24.3 Å². The van der Waals surface area contributed by atoms with Gasteiger partial charge < -0.3 is 4.74 Å². The lowest BCUT2D eigenvalue weighted by Crippen LogP contribution is -2.32. The first kappa shape index (κ1) is 19.3. The van der Waals surface area contributed by atoms with Crippen LogP contribution in [-0.4, -0.2) is 34.2 Å². The Morgan fingerprint density at radius 3 is 3.17 bits per heavy atom. The number of ether oxygens (including phenoxy) is 1. The van der Waals surface area contributed by atoms with Gasteiger partial charge >= 0.3 is 0 Å². The van der Waals surface area contributed by atoms with Crippen LogP contribution in [0.15, 0.2) is 34.2 Å². The number of methoxy groups -OCH3 is 1. The van der Waals surface area contributed by atoms with Gasteiger partial charge in [-0.05, 0) is 48.4 Å². The highest BCUT2D eigenvalue weighted by Crippen LogP contribution is 2.35. The fourth-order valence-electron chi connectivity index (χ4n) is 3.47. The summed E-state index contributed by atoms with van der Waals surface area (Å²) in [5.41, 5.74) is 4.01. The van der Waals surface area contributed by atoms with E-state index in [4.69, 9.17) is 4.74 Å². The van der Waals surface area contributed by atoms with Crippen molar-refractivity contribution in [1.29, 1.82) is 0 Å². The van der Waals surface area contributed by atoms with Crippen LogP contribution >= 0.6 is 11.3 Å². The Morgan fingerprint density at radius 1 is 1.48 bits per heavy atom. The molecule has 4 rings (SSSR count). The number of hydrogen-bond donors (Lipinski definition) is 1. The average molecular weight is 411 g/mol. The molecule has 1 atom stereocenters. The number of nitrogens with zero attached hydrogens (tertiary/aromatic N) is 4. The quantitative estimate of drug-likeness (QED) is 0.512. The lowest BCUT2D eigenvalue weighted by atomic mass is 9.89. The molecule has 0 radical (unpaired) electrons. The van der Waals surface area contributed by atoms with E-state index in [1.807, 2.05) is 18.2 Å². The zero-order chi connectivity index (χ0) is 20.4. The molecular weight excluding hydrogens is 390 g/mol. The number of hydrazone groups is 1. The molecule has 1 amide bonds. The molecule has 0 spiro atoms. The summed E-state index contributed by atoms with van der Waals surface area (Å²) in [5, 5.41) is 12.6. The molecule has 0 saturated carbocycles. The summed E-state index contributed by atoms with van der Waals surface area (Å²) in [6.07, 6.45) is 4.40. The lowest BCUT2D eigenvalue weighted by Gasteiger charge is -2.17. The number of hydrogen-bond acceptors (Lipinski definition) is 7. The molecule has 2 heterocycles. The van der Waals surface area contributed by atoms with Crippen molar-refractivity contribution in [3.63, 3.8) is 0 Å². The Balaban J connectivity index is 1.49. The predicted molar refractivity (Wildman–Crippen MR) is 112 cm³/mol. The Bertz CT molecular complexity index is 1150. The number of fused-ring (bicyclic) bond motifs is 3. The highest BCUT2D eigenvalue weighted by Gasteiger charge is 2.24. The minimum atomic E-state index is -0.447. The Kier molecular flexibility index (Phi) is 5.39. The molecule has 0 aliphatic heterocycles. The first-order valence-electron chi connectivity index (χ1n) is 9.39. The second-order valence-electron chi connectivity index (χ2n) is 7.15. The summed E-state index contributed by atoms with van der Waals surface area (Å²) in [7, 11) is 1.58. The molecule has 9 heteroatoms. The maximum Gasteiger partial charge on any atom is 0.279 e. The molecule has 0 bridgehead atoms. The summed E-state index contributed by atoms with van der Waals surface area (Å²) in [6.45, 7) is 1.98. The number of carbonyl (C=O) groups is 1. The van der Waals surface area contributed by atoms with E-state index < -0.39 is 5.91 Å². The second kappa shape index (κ2) is 8.12. The normalized spacial score (nSPS) is 16.1. The second-order valence-corrected chi connectivity index (χ2v) is 8.24. The topological polar surface area (TPSA) is 98.5 Å². The Labute approximate surface area is 171 Å². The molecular formula is C20H21N5O3S. The first-order chi connectivity index (χ1) is 14.0. The van der Waals surface area contributed by atoms with Crippen LogP contribution in [-0.2, 0) is 24.2 Å². The van der Waals surface area contributed by atoms with Gasteiger partial charge in [0.15, 0.2) is 4.83 Å². The van der Waals surface area contributed by atoms with Crippen molar-refractivity contribution in [2.45, 2.75) is 32.7 Å². The molecule has 2 aromatic heterocycles. The standard InChI is InChI=1S/C20H21N5O3S/c1-12-6-7-15-16(8-12)29-19-18(15)20(27)25(24-23-19)11-17(26)22-21-10-13-4-3-5-14(9-13)28-2/h3-5,9-10,12H,6-8,11H2,1-2H3,(H,22,26)/b21-10-. The maximum absolute atomic E-state index is 12.9. The van der Waals surface area contributed by atoms with E-state index in [0.717, 1.165) is 35.1 Å². The zero-order valence-electron chi connectivity index (χ0n) is 16.2. The summed E-state index contributed by atoms with van der Waals surface area (Å²) in [5.74, 6) is 0.862. The van der Waals surface area contributed by atoms with Gasteiger partial charge in [0.25, 0.3) is 11.5 Å². The minimum Gasteiger partial charge on any atom is -0.497 e. The van der Waals surface area contributed by atoms with Gasteiger partial charge in [-0.3, -0.25) is 9.59 Å². The van der Waals surface area contributed by atoms with Crippen molar-refractivity contribution in [2.75, 3.05) is 7.11 Å². The molecule has 8 nitrogen and oxygen atoms in total. The summed E-state index contributed by atoms with van der Waals surface area (Å²) >= 11 is 1.54. The molecule has 1 N–H and O–H groups in total. The van der Waals surface area contributed by atoms with E-state index in [2.05, 4.69) is 27.8 Å². The van der Waals surface area contributed by atoms with E-state index in [-0.39, 0.29) is 12.1 Å². The lowest BCUT2D eigenvalue weighted by molar-refractivity contribution is -0.121. The number of aromatic nitrogens is 3. The van der Waals surface area contributed by atoms with E-state index in [1.54, 1.807) is 13.2 Å². The van der Waals surface area contributed by atoms with Crippen LogP contribution in [0.2, 0.25) is 0 Å². The van der Waals surface area contributed by atoms with Crippen LogP contribution in [0, 0.1) is 5.92 Å². The fraction of sp³-hybridized carbons (Fsp3) is 0.350. The third-order valence-electron chi connectivity index (χ3n) is 4.97. The molecule has 3 aromatic rings. The van der Waals surface area contributed by atoms with E-state index in [1.165, 1.54) is 22.4 Å². The highest BCUT2D eigenvalue weighted by molar-refractivity contribution is 7.18. The maximum atomic E-state index is 12.9. The van der Waals surface area contributed by atoms with Crippen LogP contribution in [0.25, 0.3) is 10.2 Å². The molecule has 29 heavy (non-hydrogen) atoms. The smallest absolute Gasteiger partial charge is 0.279 e. The summed E-state index contributed by atoms with van der Waals surface area (Å²) in [6, 6.07) is 7.28. The van der Waals surface area contributed by atoms with E-state index in [0.29, 0.717) is 21.9 Å². The third kappa shape index (κ3) is 4.04. The number of thiophene rings is 1. The summed E-state index contributed by atoms with van der Waals surface area (Å²) in [4.78, 5) is 27.0. The monoisotopic (exact) mass is 411 g/mol. The van der Waals surface area contributed by atoms with Crippen LogP contribution in [0.4, 0.5) is 0 Å². The molecule has 1 unspecified atom stereocenters. The predicted octanol–water partition coefficient (Wildman–Crippen LogP) is 2.14. The SMILES string of the molecule is COc1cccc(/C=N\NC(=O)Cn2nnc3sc4c(c3c2=O)CCC(C)C4)c1. The average Bonchev–Trinajstić information content (AvgIpc) is 3.08. The number of rotatable bonds is 5. The van der Waals surface area contributed by atoms with Gasteiger partial charge in [0.2, 0.25) is 0 Å². The zero-order valence-corrected chi connectivity index (χ0v) is 17.0. The van der Waals surface area contributed by atoms with Gasteiger partial charge in [0, 0.05) is 4.88 Å². The van der Waals surface area contributed by atoms with Gasteiger partial charge in [-0.2, -0.15) is 5.10 Å². The van der Waals surface area contributed by atoms with Crippen molar-refractivity contribution in [3.8, 4) is 5.75 Å². The van der Waals surface area contributed by atoms with Gasteiger partial charge in [-0.25, -0.2) is 10.1 Å². The van der Waals surface area contributed by atoms with E-state index in [9.17, 15) is 9.59 Å². The van der Waals surface area contributed by atoms with Crippen molar-refractivity contribution in [3.05, 3.63) is 50.6 Å². The molecule has 1 aliphatic rings. The Hall–Kier alpha value is -3.07. The minimum absolute atomic E-state index is 0.238. The van der Waals surface area contributed by atoms with Gasteiger partial charge in [-0.15, -0.1) is 16.4 Å². The third-order valence-corrected chi connectivity index (χ3v) is 6.11. The van der Waals surface area contributed by atoms with Crippen LogP contribution in [0.3, 0.4) is 0 Å². The fourth-order valence-corrected chi connectivity index (χ4v) is 4.79. The largest absolute Gasteiger partial charge is 0.497 e. The highest BCUT2D eigenvalue weighted by atomic mass is 32.1. The van der Waals surface area contributed by atoms with Gasteiger partial charge in [0.1, 0.15) is 12.3 Å². The van der Waals surface area contributed by atoms with Crippen LogP contribution < -0.4 is 15.7 Å². The van der Waals surface area contributed by atoms with Crippen molar-refractivity contribution < 1.29 is 9.53 Å². The molecule has 0 fully saturated rings. The number of amides is 1. The van der Waals surface area contributed by atoms with Crippen LogP contribution in [0.5, 0.6) is 5.75 Å². The first-order valence-corrected chi connectivity index (χ1v) is 10.2. The molecule has 1 aromatic carbocycles. The number of carbonyl (C=O) groups excluding carboxylic acids is 1. The Morgan fingerprint density at radius 2 is 2.34 bits per heavy atom. The molecule has 0 saturated heterocycles. The van der Waals surface area contributed by atoms with Crippen molar-refractivity contribution in [2.24, 2.45) is 11.0 Å². The van der Waals surface area contributed by atoms with Gasteiger partial charge in [0.05, 0.1) is 18.7 Å². The van der Waals surface area contributed by atoms with Crippen molar-refractivity contribution in [1.82, 2.24) is 20.4 Å². The van der Waals surface area contributed by atoms with Crippen molar-refractivity contribution >= 4 is 33.7 Å². The molecule has 1 aliphatic carbocycles. The molecule has 150 valence electrons. The van der Waals surface area contributed by atoms with E-state index >= 15 is 0 Å². The number of benzene rings is 1.